The van der Waals surface area contributed by atoms with Gasteiger partial charge in [-0.3, -0.25) is 10.3 Å². The minimum Gasteiger partial charge on any atom is -0.497 e. The van der Waals surface area contributed by atoms with E-state index in [1.165, 1.54) is 11.3 Å². The number of urea groups is 1. The average Bonchev–Trinajstić information content (AvgIpc) is 3.14. The summed E-state index contributed by atoms with van der Waals surface area (Å²) >= 11 is 1.43. The number of carbonyl (C=O) groups excluding carboxylic acids is 1. The van der Waals surface area contributed by atoms with Gasteiger partial charge in [-0.15, -0.1) is 0 Å². The molecule has 1 fully saturated rings. The SMILES string of the molecule is COc1ccc2nc(NC(=O)N3CCNCC3COc3cccnc3)sc2c1. The number of hydrogen-bond donors (Lipinski definition) is 2. The fourth-order valence-corrected chi connectivity index (χ4v) is 3.93. The average molecular weight is 399 g/mol. The van der Waals surface area contributed by atoms with E-state index in [-0.39, 0.29) is 12.1 Å². The summed E-state index contributed by atoms with van der Waals surface area (Å²) in [6.45, 7) is 2.41. The predicted molar refractivity (Wildman–Crippen MR) is 108 cm³/mol. The number of aromatic nitrogens is 2. The maximum absolute atomic E-state index is 12.9. The highest BCUT2D eigenvalue weighted by Gasteiger charge is 2.28. The number of amides is 2. The number of ether oxygens (including phenoxy) is 2. The number of carbonyl (C=O) groups is 1. The highest BCUT2D eigenvalue weighted by Crippen LogP contribution is 2.29. The van der Waals surface area contributed by atoms with Crippen molar-refractivity contribution in [2.45, 2.75) is 6.04 Å². The van der Waals surface area contributed by atoms with Crippen LogP contribution in [0.25, 0.3) is 10.2 Å². The zero-order valence-corrected chi connectivity index (χ0v) is 16.2. The van der Waals surface area contributed by atoms with Gasteiger partial charge in [0.25, 0.3) is 0 Å². The first-order chi connectivity index (χ1) is 13.7. The topological polar surface area (TPSA) is 88.6 Å². The Kier molecular flexibility index (Phi) is 5.54. The number of nitrogens with zero attached hydrogens (tertiary/aromatic N) is 3. The van der Waals surface area contributed by atoms with Crippen LogP contribution in [0.5, 0.6) is 11.5 Å². The lowest BCUT2D eigenvalue weighted by Gasteiger charge is -2.35. The number of pyridine rings is 1. The molecule has 8 nitrogen and oxygen atoms in total. The van der Waals surface area contributed by atoms with Gasteiger partial charge in [0.05, 0.1) is 29.6 Å². The lowest BCUT2D eigenvalue weighted by molar-refractivity contribution is 0.133. The standard InChI is InChI=1S/C19H21N5O3S/c1-26-14-4-5-16-17(9-14)28-18(22-16)23-19(25)24-8-7-21-10-13(24)12-27-15-3-2-6-20-11-15/h2-6,9,11,13,21H,7-8,10,12H2,1H3,(H,22,23,25). The molecule has 0 radical (unpaired) electrons. The Morgan fingerprint density at radius 3 is 3.14 bits per heavy atom. The molecule has 28 heavy (non-hydrogen) atoms. The second-order valence-electron chi connectivity index (χ2n) is 6.33. The van der Waals surface area contributed by atoms with E-state index in [9.17, 15) is 4.79 Å². The molecule has 3 aromatic rings. The molecule has 2 N–H and O–H groups in total. The Morgan fingerprint density at radius 2 is 2.32 bits per heavy atom. The summed E-state index contributed by atoms with van der Waals surface area (Å²) in [6.07, 6.45) is 3.36. The minimum atomic E-state index is -0.174. The van der Waals surface area contributed by atoms with Crippen LogP contribution in [0, 0.1) is 0 Å². The summed E-state index contributed by atoms with van der Waals surface area (Å²) in [7, 11) is 1.63. The number of piperazine rings is 1. The number of methoxy groups -OCH3 is 1. The molecule has 0 bridgehead atoms. The van der Waals surface area contributed by atoms with Crippen molar-refractivity contribution in [3.05, 3.63) is 42.7 Å². The van der Waals surface area contributed by atoms with Gasteiger partial charge in [0.1, 0.15) is 18.1 Å². The molecule has 0 saturated carbocycles. The lowest BCUT2D eigenvalue weighted by Crippen LogP contribution is -2.57. The highest BCUT2D eigenvalue weighted by molar-refractivity contribution is 7.22. The van der Waals surface area contributed by atoms with Crippen LogP contribution in [-0.4, -0.2) is 60.3 Å². The second kappa shape index (κ2) is 8.41. The van der Waals surface area contributed by atoms with E-state index in [1.807, 2.05) is 30.3 Å². The smallest absolute Gasteiger partial charge is 0.324 e. The summed E-state index contributed by atoms with van der Waals surface area (Å²) in [5, 5.41) is 6.80. The first-order valence-corrected chi connectivity index (χ1v) is 9.80. The van der Waals surface area contributed by atoms with Crippen LogP contribution in [0.1, 0.15) is 0 Å². The molecule has 0 spiro atoms. The van der Waals surface area contributed by atoms with E-state index in [1.54, 1.807) is 24.4 Å². The van der Waals surface area contributed by atoms with Crippen molar-refractivity contribution >= 4 is 32.7 Å². The number of benzene rings is 1. The molecule has 1 aliphatic rings. The number of anilines is 1. The Hall–Kier alpha value is -2.91. The zero-order chi connectivity index (χ0) is 19.3. The largest absolute Gasteiger partial charge is 0.497 e. The van der Waals surface area contributed by atoms with Crippen molar-refractivity contribution in [1.29, 1.82) is 0 Å². The second-order valence-corrected chi connectivity index (χ2v) is 7.36. The first-order valence-electron chi connectivity index (χ1n) is 8.98. The zero-order valence-electron chi connectivity index (χ0n) is 15.4. The molecule has 0 aliphatic carbocycles. The molecule has 146 valence electrons. The monoisotopic (exact) mass is 399 g/mol. The molecule has 1 saturated heterocycles. The summed E-state index contributed by atoms with van der Waals surface area (Å²) < 4.78 is 12.0. The molecule has 1 aliphatic heterocycles. The Morgan fingerprint density at radius 1 is 1.39 bits per heavy atom. The van der Waals surface area contributed by atoms with Crippen LogP contribution >= 0.6 is 11.3 Å². The summed E-state index contributed by atoms with van der Waals surface area (Å²) in [5.74, 6) is 1.46. The maximum Gasteiger partial charge on any atom is 0.324 e. The highest BCUT2D eigenvalue weighted by atomic mass is 32.1. The van der Waals surface area contributed by atoms with Gasteiger partial charge in [0, 0.05) is 25.8 Å². The summed E-state index contributed by atoms with van der Waals surface area (Å²) in [6, 6.07) is 9.07. The lowest BCUT2D eigenvalue weighted by atomic mass is 10.2. The first kappa shape index (κ1) is 18.5. The van der Waals surface area contributed by atoms with Crippen molar-refractivity contribution in [1.82, 2.24) is 20.2 Å². The predicted octanol–water partition coefficient (Wildman–Crippen LogP) is 2.58. The van der Waals surface area contributed by atoms with Crippen LogP contribution in [-0.2, 0) is 0 Å². The van der Waals surface area contributed by atoms with Gasteiger partial charge in [-0.1, -0.05) is 11.3 Å². The van der Waals surface area contributed by atoms with Gasteiger partial charge in [-0.2, -0.15) is 0 Å². The quantitative estimate of drug-likeness (QED) is 0.686. The molecule has 9 heteroatoms. The third-order valence-electron chi connectivity index (χ3n) is 4.50. The Labute approximate surface area is 166 Å². The molecule has 4 rings (SSSR count). The van der Waals surface area contributed by atoms with Crippen molar-refractivity contribution in [3.8, 4) is 11.5 Å². The number of rotatable bonds is 5. The molecule has 1 unspecified atom stereocenters. The van der Waals surface area contributed by atoms with Crippen molar-refractivity contribution in [3.63, 3.8) is 0 Å². The van der Waals surface area contributed by atoms with Crippen LogP contribution in [0.4, 0.5) is 9.93 Å². The number of thiazole rings is 1. The Balaban J connectivity index is 1.43. The van der Waals surface area contributed by atoms with E-state index < -0.39 is 0 Å². The van der Waals surface area contributed by atoms with Gasteiger partial charge >= 0.3 is 6.03 Å². The van der Waals surface area contributed by atoms with Gasteiger partial charge in [0.15, 0.2) is 5.13 Å². The number of fused-ring (bicyclic) bond motifs is 1. The molecule has 2 aromatic heterocycles. The fourth-order valence-electron chi connectivity index (χ4n) is 3.05. The fraction of sp³-hybridized carbons (Fsp3) is 0.316. The van der Waals surface area contributed by atoms with E-state index in [4.69, 9.17) is 9.47 Å². The molecular weight excluding hydrogens is 378 g/mol. The van der Waals surface area contributed by atoms with Crippen LogP contribution in [0.15, 0.2) is 42.7 Å². The van der Waals surface area contributed by atoms with Crippen LogP contribution < -0.4 is 20.1 Å². The number of nitrogens with one attached hydrogen (secondary N) is 2. The van der Waals surface area contributed by atoms with Crippen molar-refractivity contribution in [2.75, 3.05) is 38.7 Å². The van der Waals surface area contributed by atoms with Gasteiger partial charge < -0.3 is 19.7 Å². The molecule has 2 amide bonds. The third kappa shape index (κ3) is 4.15. The van der Waals surface area contributed by atoms with E-state index in [0.29, 0.717) is 30.6 Å². The number of hydrogen-bond acceptors (Lipinski definition) is 7. The molecule has 3 heterocycles. The van der Waals surface area contributed by atoms with Gasteiger partial charge in [-0.05, 0) is 30.3 Å². The molecule has 1 atom stereocenters. The normalized spacial score (nSPS) is 16.8. The van der Waals surface area contributed by atoms with E-state index in [2.05, 4.69) is 20.6 Å². The third-order valence-corrected chi connectivity index (χ3v) is 5.43. The molecular formula is C19H21N5O3S. The van der Waals surface area contributed by atoms with E-state index in [0.717, 1.165) is 22.5 Å². The van der Waals surface area contributed by atoms with Gasteiger partial charge in [-0.25, -0.2) is 9.78 Å². The summed E-state index contributed by atoms with van der Waals surface area (Å²) in [5.41, 5.74) is 0.831. The van der Waals surface area contributed by atoms with Crippen molar-refractivity contribution < 1.29 is 14.3 Å². The molecule has 1 aromatic carbocycles. The van der Waals surface area contributed by atoms with Crippen LogP contribution in [0.3, 0.4) is 0 Å². The van der Waals surface area contributed by atoms with Gasteiger partial charge in [0.2, 0.25) is 0 Å². The summed E-state index contributed by atoms with van der Waals surface area (Å²) in [4.78, 5) is 23.2. The Bertz CT molecular complexity index is 949. The van der Waals surface area contributed by atoms with E-state index >= 15 is 0 Å². The van der Waals surface area contributed by atoms with Crippen molar-refractivity contribution in [2.24, 2.45) is 0 Å². The van der Waals surface area contributed by atoms with Crippen LogP contribution in [0.2, 0.25) is 0 Å². The minimum absolute atomic E-state index is 0.0802. The maximum atomic E-state index is 12.9.